The van der Waals surface area contributed by atoms with Crippen molar-refractivity contribution in [3.8, 4) is 0 Å². The molecule has 0 aliphatic heterocycles. The van der Waals surface area contributed by atoms with Gasteiger partial charge in [0.2, 0.25) is 0 Å². The van der Waals surface area contributed by atoms with Gasteiger partial charge in [-0.3, -0.25) is 37.3 Å². The van der Waals surface area contributed by atoms with Crippen molar-refractivity contribution in [2.45, 2.75) is 452 Å². The van der Waals surface area contributed by atoms with Crippen LogP contribution < -0.4 is 0 Å². The van der Waals surface area contributed by atoms with Gasteiger partial charge in [-0.1, -0.05) is 382 Å². The van der Waals surface area contributed by atoms with E-state index in [4.69, 9.17) is 37.0 Å². The largest absolute Gasteiger partial charge is 0.472 e. The first-order valence-electron chi connectivity index (χ1n) is 42.5. The van der Waals surface area contributed by atoms with E-state index in [1.54, 1.807) is 0 Å². The Hall–Kier alpha value is -1.94. The fraction of sp³-hybridized carbons (Fsp3) is 0.951. The molecule has 2 unspecified atom stereocenters. The summed E-state index contributed by atoms with van der Waals surface area (Å²) < 4.78 is 68.8. The summed E-state index contributed by atoms with van der Waals surface area (Å²) in [5, 5.41) is 10.6. The molecule has 0 fully saturated rings. The Morgan fingerprint density at radius 1 is 0.267 bits per heavy atom. The number of esters is 4. The number of hydrogen-bond acceptors (Lipinski definition) is 15. The maximum absolute atomic E-state index is 13.1. The molecule has 0 saturated carbocycles. The molecule has 0 spiro atoms. The summed E-state index contributed by atoms with van der Waals surface area (Å²) in [4.78, 5) is 73.1. The highest BCUT2D eigenvalue weighted by Crippen LogP contribution is 2.45. The fourth-order valence-electron chi connectivity index (χ4n) is 12.7. The van der Waals surface area contributed by atoms with Gasteiger partial charge >= 0.3 is 39.5 Å². The van der Waals surface area contributed by atoms with E-state index in [-0.39, 0.29) is 25.7 Å². The number of aliphatic hydroxyl groups excluding tert-OH is 1. The summed E-state index contributed by atoms with van der Waals surface area (Å²) >= 11 is 0. The topological polar surface area (TPSA) is 237 Å². The van der Waals surface area contributed by atoms with Crippen LogP contribution in [0.2, 0.25) is 0 Å². The molecule has 0 aromatic carbocycles. The minimum absolute atomic E-state index is 0.107. The van der Waals surface area contributed by atoms with E-state index in [0.29, 0.717) is 31.6 Å². The number of ether oxygens (including phenoxy) is 4. The minimum atomic E-state index is -4.96. The molecule has 5 atom stereocenters. The molecule has 0 aromatic heterocycles. The summed E-state index contributed by atoms with van der Waals surface area (Å²) in [6, 6.07) is 0. The van der Waals surface area contributed by atoms with Gasteiger partial charge in [0.15, 0.2) is 12.2 Å². The lowest BCUT2D eigenvalue weighted by Gasteiger charge is -2.21. The van der Waals surface area contributed by atoms with Crippen molar-refractivity contribution >= 4 is 39.5 Å². The van der Waals surface area contributed by atoms with Gasteiger partial charge in [0, 0.05) is 25.7 Å². The van der Waals surface area contributed by atoms with Crippen LogP contribution in [0.5, 0.6) is 0 Å². The number of carbonyl (C=O) groups is 4. The molecule has 0 aliphatic rings. The zero-order valence-corrected chi connectivity index (χ0v) is 68.0. The van der Waals surface area contributed by atoms with Crippen LogP contribution >= 0.6 is 15.6 Å². The number of carbonyl (C=O) groups excluding carboxylic acids is 4. The van der Waals surface area contributed by atoms with E-state index < -0.39 is 97.5 Å². The van der Waals surface area contributed by atoms with E-state index in [1.807, 2.05) is 0 Å². The van der Waals surface area contributed by atoms with Gasteiger partial charge in [-0.05, 0) is 37.5 Å². The standard InChI is InChI=1S/C82H160O17P2/c1-7-9-11-13-15-17-19-21-23-25-27-29-33-37-41-47-54-60-66-81(86)98-77(70-92-79(84)64-58-52-46-40-36-32-28-26-24-22-20-18-16-14-12-10-8-2)72-96-100(88,89)94-68-76(83)69-95-101(90,91)97-73-78(71-93-80(85)65-59-53-49-43-45-51-57-63-75(5)6)99-82(87)67-61-55-48-42-38-34-30-31-35-39-44-50-56-62-74(3)4/h74-78,83H,7-73H2,1-6H3,(H,88,89)(H,90,91)/t76-,77-,78-/m1/s1. The summed E-state index contributed by atoms with van der Waals surface area (Å²) in [5.74, 6) is -0.616. The zero-order chi connectivity index (χ0) is 74.2. The van der Waals surface area contributed by atoms with Crippen LogP contribution in [0.15, 0.2) is 0 Å². The summed E-state index contributed by atoms with van der Waals surface area (Å²) in [5.41, 5.74) is 0. The Kier molecular flexibility index (Phi) is 72.2. The van der Waals surface area contributed by atoms with Crippen LogP contribution in [0.4, 0.5) is 0 Å². The molecule has 0 radical (unpaired) electrons. The van der Waals surface area contributed by atoms with E-state index >= 15 is 0 Å². The maximum atomic E-state index is 13.1. The van der Waals surface area contributed by atoms with Crippen LogP contribution in [0, 0.1) is 11.8 Å². The first kappa shape index (κ1) is 99.1. The number of unbranched alkanes of at least 4 members (excludes halogenated alkanes) is 51. The molecule has 101 heavy (non-hydrogen) atoms. The average Bonchev–Trinajstić information content (AvgIpc) is 0.933. The molecule has 0 aromatic rings. The second-order valence-corrected chi connectivity index (χ2v) is 33.4. The summed E-state index contributed by atoms with van der Waals surface area (Å²) in [6.07, 6.45) is 63.9. The lowest BCUT2D eigenvalue weighted by molar-refractivity contribution is -0.161. The number of aliphatic hydroxyl groups is 1. The van der Waals surface area contributed by atoms with Crippen LogP contribution in [-0.2, 0) is 65.4 Å². The molecular weight excluding hydrogens is 1320 g/mol. The van der Waals surface area contributed by atoms with Crippen molar-refractivity contribution in [1.29, 1.82) is 0 Å². The van der Waals surface area contributed by atoms with Crippen molar-refractivity contribution < 1.29 is 80.2 Å². The molecular formula is C82H160O17P2. The highest BCUT2D eigenvalue weighted by Gasteiger charge is 2.30. The number of hydrogen-bond donors (Lipinski definition) is 3. The van der Waals surface area contributed by atoms with Crippen LogP contribution in [0.3, 0.4) is 0 Å². The Balaban J connectivity index is 5.24. The van der Waals surface area contributed by atoms with Crippen LogP contribution in [-0.4, -0.2) is 96.7 Å². The molecule has 17 nitrogen and oxygen atoms in total. The lowest BCUT2D eigenvalue weighted by Crippen LogP contribution is -2.30. The van der Waals surface area contributed by atoms with Crippen LogP contribution in [0.25, 0.3) is 0 Å². The first-order valence-corrected chi connectivity index (χ1v) is 45.5. The Labute approximate surface area is 619 Å². The van der Waals surface area contributed by atoms with Gasteiger partial charge in [-0.2, -0.15) is 0 Å². The van der Waals surface area contributed by atoms with Gasteiger partial charge < -0.3 is 33.8 Å². The minimum Gasteiger partial charge on any atom is -0.462 e. The van der Waals surface area contributed by atoms with Gasteiger partial charge in [0.1, 0.15) is 19.3 Å². The van der Waals surface area contributed by atoms with Gasteiger partial charge in [0.25, 0.3) is 0 Å². The smallest absolute Gasteiger partial charge is 0.462 e. The van der Waals surface area contributed by atoms with Crippen molar-refractivity contribution in [3.05, 3.63) is 0 Å². The van der Waals surface area contributed by atoms with E-state index in [9.17, 15) is 43.2 Å². The molecule has 19 heteroatoms. The van der Waals surface area contributed by atoms with Crippen molar-refractivity contribution in [3.63, 3.8) is 0 Å². The van der Waals surface area contributed by atoms with Gasteiger partial charge in [-0.15, -0.1) is 0 Å². The van der Waals surface area contributed by atoms with Crippen LogP contribution in [0.1, 0.15) is 433 Å². The third-order valence-corrected chi connectivity index (χ3v) is 21.1. The summed E-state index contributed by atoms with van der Waals surface area (Å²) in [6.45, 7) is 9.61. The normalized spacial score (nSPS) is 13.9. The number of phosphoric acid groups is 2. The number of rotatable bonds is 81. The predicted molar refractivity (Wildman–Crippen MR) is 414 cm³/mol. The quantitative estimate of drug-likeness (QED) is 0.0222. The average molecular weight is 1480 g/mol. The zero-order valence-electron chi connectivity index (χ0n) is 66.2. The second kappa shape index (κ2) is 73.6. The molecule has 0 amide bonds. The molecule has 0 aliphatic carbocycles. The SMILES string of the molecule is CCCCCCCCCCCCCCCCCCCCC(=O)O[C@H](COC(=O)CCCCCCCCCCCCCCCCCCC)COP(=O)(O)OC[C@@H](O)COP(=O)(O)OC[C@@H](COC(=O)CCCCCCCCCC(C)C)OC(=O)CCCCCCCCCCCCCCCC(C)C. The van der Waals surface area contributed by atoms with E-state index in [1.165, 1.54) is 244 Å². The van der Waals surface area contributed by atoms with Gasteiger partial charge in [-0.25, -0.2) is 9.13 Å². The third-order valence-electron chi connectivity index (χ3n) is 19.2. The monoisotopic (exact) mass is 1480 g/mol. The summed E-state index contributed by atoms with van der Waals surface area (Å²) in [7, 11) is -9.92. The Bertz CT molecular complexity index is 1940. The molecule has 0 rings (SSSR count). The molecule has 3 N–H and O–H groups in total. The third kappa shape index (κ3) is 76.1. The maximum Gasteiger partial charge on any atom is 0.472 e. The number of phosphoric ester groups is 2. The highest BCUT2D eigenvalue weighted by molar-refractivity contribution is 7.47. The molecule has 0 bridgehead atoms. The van der Waals surface area contributed by atoms with E-state index in [0.717, 1.165) is 102 Å². The lowest BCUT2D eigenvalue weighted by atomic mass is 10.0. The highest BCUT2D eigenvalue weighted by atomic mass is 31.2. The molecule has 0 heterocycles. The predicted octanol–water partition coefficient (Wildman–Crippen LogP) is 24.7. The first-order chi connectivity index (χ1) is 48.9. The van der Waals surface area contributed by atoms with Crippen molar-refractivity contribution in [2.75, 3.05) is 39.6 Å². The Morgan fingerprint density at radius 2 is 0.455 bits per heavy atom. The fourth-order valence-corrected chi connectivity index (χ4v) is 14.3. The molecule has 600 valence electrons. The van der Waals surface area contributed by atoms with Crippen molar-refractivity contribution in [2.24, 2.45) is 11.8 Å². The Morgan fingerprint density at radius 3 is 0.673 bits per heavy atom. The van der Waals surface area contributed by atoms with E-state index in [2.05, 4.69) is 41.5 Å². The van der Waals surface area contributed by atoms with Crippen molar-refractivity contribution in [1.82, 2.24) is 0 Å². The van der Waals surface area contributed by atoms with Gasteiger partial charge in [0.05, 0.1) is 26.4 Å². The second-order valence-electron chi connectivity index (χ2n) is 30.5. The molecule has 0 saturated heterocycles.